The van der Waals surface area contributed by atoms with Crippen LogP contribution in [-0.2, 0) is 19.4 Å². The number of aromatic nitrogens is 1. The molecule has 0 aliphatic carbocycles. The smallest absolute Gasteiger partial charge is 0.165 e. The number of pyridine rings is 1. The molecule has 23 heavy (non-hydrogen) atoms. The molecule has 3 heterocycles. The van der Waals surface area contributed by atoms with Gasteiger partial charge in [0, 0.05) is 18.7 Å². The van der Waals surface area contributed by atoms with E-state index in [1.807, 2.05) is 6.07 Å². The van der Waals surface area contributed by atoms with Crippen LogP contribution in [0.15, 0.2) is 24.4 Å². The van der Waals surface area contributed by atoms with E-state index < -0.39 is 0 Å². The average Bonchev–Trinajstić information content (AvgIpc) is 2.59. The minimum Gasteiger partial charge on any atom is -0.504 e. The normalized spacial score (nSPS) is 19.5. The van der Waals surface area contributed by atoms with Gasteiger partial charge in [0.15, 0.2) is 11.5 Å². The summed E-state index contributed by atoms with van der Waals surface area (Å²) in [6.45, 7) is 1.76. The van der Waals surface area contributed by atoms with Gasteiger partial charge < -0.3 is 14.6 Å². The van der Waals surface area contributed by atoms with Gasteiger partial charge in [-0.3, -0.25) is 9.88 Å². The van der Waals surface area contributed by atoms with Crippen LogP contribution in [0, 0.1) is 0 Å². The van der Waals surface area contributed by atoms with Gasteiger partial charge in [0.2, 0.25) is 0 Å². The molecule has 1 N–H and O–H groups in total. The van der Waals surface area contributed by atoms with Gasteiger partial charge in [-0.25, -0.2) is 0 Å². The number of benzene rings is 1. The van der Waals surface area contributed by atoms with Crippen molar-refractivity contribution in [3.05, 3.63) is 46.8 Å². The van der Waals surface area contributed by atoms with Crippen molar-refractivity contribution in [2.75, 3.05) is 20.8 Å². The number of hydrogen-bond donors (Lipinski definition) is 1. The summed E-state index contributed by atoms with van der Waals surface area (Å²) >= 11 is 0. The third-order valence-electron chi connectivity index (χ3n) is 4.95. The fraction of sp³-hybridized carbons (Fsp3) is 0.389. The summed E-state index contributed by atoms with van der Waals surface area (Å²) in [6.07, 6.45) is 3.65. The van der Waals surface area contributed by atoms with Gasteiger partial charge in [0.05, 0.1) is 32.2 Å². The van der Waals surface area contributed by atoms with Crippen molar-refractivity contribution in [1.82, 2.24) is 9.88 Å². The molecule has 5 nitrogen and oxygen atoms in total. The zero-order chi connectivity index (χ0) is 16.0. The molecule has 2 aliphatic heterocycles. The molecular weight excluding hydrogens is 292 g/mol. The van der Waals surface area contributed by atoms with Crippen LogP contribution in [0.3, 0.4) is 0 Å². The van der Waals surface area contributed by atoms with Crippen molar-refractivity contribution in [2.24, 2.45) is 0 Å². The molecular formula is C18H20N2O3. The van der Waals surface area contributed by atoms with Crippen LogP contribution in [0.4, 0.5) is 0 Å². The first-order chi connectivity index (χ1) is 11.2. The number of methoxy groups -OCH3 is 2. The fourth-order valence-electron chi connectivity index (χ4n) is 3.78. The van der Waals surface area contributed by atoms with Crippen molar-refractivity contribution < 1.29 is 14.6 Å². The number of phenols is 1. The second kappa shape index (κ2) is 5.42. The molecule has 2 aromatic rings. The van der Waals surface area contributed by atoms with Crippen molar-refractivity contribution in [1.29, 1.82) is 0 Å². The topological polar surface area (TPSA) is 54.8 Å². The monoisotopic (exact) mass is 312 g/mol. The molecule has 120 valence electrons. The van der Waals surface area contributed by atoms with E-state index in [0.717, 1.165) is 42.9 Å². The molecule has 0 spiro atoms. The second-order valence-corrected chi connectivity index (χ2v) is 6.12. The Morgan fingerprint density at radius 2 is 2.09 bits per heavy atom. The highest BCUT2D eigenvalue weighted by Crippen LogP contribution is 2.43. The summed E-state index contributed by atoms with van der Waals surface area (Å²) in [5, 5.41) is 10.0. The first-order valence-corrected chi connectivity index (χ1v) is 7.86. The maximum Gasteiger partial charge on any atom is 0.165 e. The van der Waals surface area contributed by atoms with E-state index in [1.54, 1.807) is 26.5 Å². The Bertz CT molecular complexity index is 760. The summed E-state index contributed by atoms with van der Waals surface area (Å²) in [7, 11) is 3.29. The molecule has 4 rings (SSSR count). The summed E-state index contributed by atoms with van der Waals surface area (Å²) in [5.74, 6) is 1.64. The number of fused-ring (bicyclic) bond motifs is 4. The van der Waals surface area contributed by atoms with E-state index >= 15 is 0 Å². The summed E-state index contributed by atoms with van der Waals surface area (Å²) < 4.78 is 10.7. The number of aromatic hydroxyl groups is 1. The largest absolute Gasteiger partial charge is 0.504 e. The number of nitrogens with zero attached hydrogens (tertiary/aromatic N) is 2. The number of hydrogen-bond acceptors (Lipinski definition) is 5. The maximum absolute atomic E-state index is 10.0. The predicted octanol–water partition coefficient (Wildman–Crippen LogP) is 2.46. The Morgan fingerprint density at radius 1 is 1.22 bits per heavy atom. The van der Waals surface area contributed by atoms with Crippen LogP contribution < -0.4 is 9.47 Å². The molecule has 1 aromatic heterocycles. The van der Waals surface area contributed by atoms with E-state index in [9.17, 15) is 5.11 Å². The van der Waals surface area contributed by atoms with E-state index in [1.165, 1.54) is 11.1 Å². The Balaban J connectivity index is 1.75. The van der Waals surface area contributed by atoms with Gasteiger partial charge in [0.1, 0.15) is 5.75 Å². The zero-order valence-corrected chi connectivity index (χ0v) is 13.4. The van der Waals surface area contributed by atoms with Crippen molar-refractivity contribution in [3.8, 4) is 17.2 Å². The first-order valence-electron chi connectivity index (χ1n) is 7.86. The summed E-state index contributed by atoms with van der Waals surface area (Å²) in [5.41, 5.74) is 4.75. The SMILES string of the molecule is COc1cnc2c(c1)CCN1Cc3c(ccc(O)c3OC)CC21. The second-order valence-electron chi connectivity index (χ2n) is 6.12. The lowest BCUT2D eigenvalue weighted by Crippen LogP contribution is -2.40. The molecule has 1 aromatic carbocycles. The zero-order valence-electron chi connectivity index (χ0n) is 13.4. The maximum atomic E-state index is 10.0. The lowest BCUT2D eigenvalue weighted by Gasteiger charge is -2.41. The van der Waals surface area contributed by atoms with Gasteiger partial charge in [0.25, 0.3) is 0 Å². The molecule has 0 amide bonds. The van der Waals surface area contributed by atoms with Crippen LogP contribution in [0.25, 0.3) is 0 Å². The van der Waals surface area contributed by atoms with Gasteiger partial charge >= 0.3 is 0 Å². The minimum atomic E-state index is 0.213. The lowest BCUT2D eigenvalue weighted by atomic mass is 9.86. The Kier molecular flexibility index (Phi) is 3.38. The van der Waals surface area contributed by atoms with Gasteiger partial charge in [-0.15, -0.1) is 0 Å². The lowest BCUT2D eigenvalue weighted by molar-refractivity contribution is 0.153. The molecule has 0 fully saturated rings. The molecule has 5 heteroatoms. The van der Waals surface area contributed by atoms with E-state index in [-0.39, 0.29) is 11.8 Å². The molecule has 0 bridgehead atoms. The summed E-state index contributed by atoms with van der Waals surface area (Å²) in [6, 6.07) is 6.11. The van der Waals surface area contributed by atoms with Gasteiger partial charge in [-0.05, 0) is 36.1 Å². The first kappa shape index (κ1) is 14.3. The molecule has 0 saturated heterocycles. The van der Waals surface area contributed by atoms with Gasteiger partial charge in [-0.1, -0.05) is 6.07 Å². The molecule has 0 radical (unpaired) electrons. The molecule has 1 atom stereocenters. The Labute approximate surface area is 135 Å². The van der Waals surface area contributed by atoms with Crippen LogP contribution in [-0.4, -0.2) is 35.8 Å². The van der Waals surface area contributed by atoms with Gasteiger partial charge in [-0.2, -0.15) is 0 Å². The average molecular weight is 312 g/mol. The highest BCUT2D eigenvalue weighted by Gasteiger charge is 2.34. The third-order valence-corrected chi connectivity index (χ3v) is 4.95. The number of ether oxygens (including phenoxy) is 2. The van der Waals surface area contributed by atoms with Crippen LogP contribution in [0.2, 0.25) is 0 Å². The number of phenolic OH excluding ortho intramolecular Hbond substituents is 1. The highest BCUT2D eigenvalue weighted by atomic mass is 16.5. The van der Waals surface area contributed by atoms with Crippen LogP contribution >= 0.6 is 0 Å². The van der Waals surface area contributed by atoms with Crippen molar-refractivity contribution in [2.45, 2.75) is 25.4 Å². The standard InChI is InChI=1S/C18H20N2O3/c1-22-13-7-12-5-6-20-10-14-11(3-4-16(21)18(14)23-2)8-15(20)17(12)19-9-13/h3-4,7,9,15,21H,5-6,8,10H2,1-2H3. The molecule has 1 unspecified atom stereocenters. The summed E-state index contributed by atoms with van der Waals surface area (Å²) in [4.78, 5) is 7.08. The van der Waals surface area contributed by atoms with E-state index in [0.29, 0.717) is 5.75 Å². The highest BCUT2D eigenvalue weighted by molar-refractivity contribution is 5.52. The predicted molar refractivity (Wildman–Crippen MR) is 86.0 cm³/mol. The van der Waals surface area contributed by atoms with Crippen LogP contribution in [0.5, 0.6) is 17.2 Å². The van der Waals surface area contributed by atoms with E-state index in [2.05, 4.69) is 16.0 Å². The van der Waals surface area contributed by atoms with Crippen LogP contribution in [0.1, 0.15) is 28.4 Å². The Hall–Kier alpha value is -2.27. The van der Waals surface area contributed by atoms with Crippen molar-refractivity contribution >= 4 is 0 Å². The quantitative estimate of drug-likeness (QED) is 0.923. The van der Waals surface area contributed by atoms with Crippen molar-refractivity contribution in [3.63, 3.8) is 0 Å². The number of rotatable bonds is 2. The molecule has 2 aliphatic rings. The fourth-order valence-corrected chi connectivity index (χ4v) is 3.78. The Morgan fingerprint density at radius 3 is 2.87 bits per heavy atom. The minimum absolute atomic E-state index is 0.213. The third kappa shape index (κ3) is 2.23. The molecule has 0 saturated carbocycles. The van der Waals surface area contributed by atoms with E-state index in [4.69, 9.17) is 9.47 Å².